The molecule has 110 valence electrons. The van der Waals surface area contributed by atoms with Crippen LogP contribution in [-0.2, 0) is 0 Å². The summed E-state index contributed by atoms with van der Waals surface area (Å²) in [6.07, 6.45) is -0.567. The molecule has 3 aromatic rings. The molecule has 3 aromatic carbocycles. The van der Waals surface area contributed by atoms with E-state index in [9.17, 15) is 4.79 Å². The van der Waals surface area contributed by atoms with E-state index >= 15 is 0 Å². The molecule has 22 heavy (non-hydrogen) atoms. The molecule has 0 saturated carbocycles. The summed E-state index contributed by atoms with van der Waals surface area (Å²) in [4.78, 5) is 12.5. The topological polar surface area (TPSA) is 52.3 Å². The van der Waals surface area contributed by atoms with E-state index in [1.807, 2.05) is 42.5 Å². The zero-order valence-corrected chi connectivity index (χ0v) is 12.3. The van der Waals surface area contributed by atoms with Crippen molar-refractivity contribution >= 4 is 22.2 Å². The molecular formula is C19H17NO2. The Balaban J connectivity index is 1.82. The number of ether oxygens (including phenoxy) is 1. The summed E-state index contributed by atoms with van der Waals surface area (Å²) in [5, 5.41) is 2.16. The minimum absolute atomic E-state index is 0.0480. The molecule has 3 heteroatoms. The van der Waals surface area contributed by atoms with Crippen molar-refractivity contribution in [3.05, 3.63) is 72.3 Å². The summed E-state index contributed by atoms with van der Waals surface area (Å²) in [5.74, 6) is 0.551. The molecule has 0 amide bonds. The minimum Gasteiger partial charge on any atom is -0.482 e. The number of nitrogen functional groups attached to an aromatic ring is 1. The first-order chi connectivity index (χ1) is 10.6. The summed E-state index contributed by atoms with van der Waals surface area (Å²) in [6.45, 7) is 1.75. The lowest BCUT2D eigenvalue weighted by Gasteiger charge is -2.14. The van der Waals surface area contributed by atoms with Gasteiger partial charge in [0.05, 0.1) is 0 Å². The molecule has 0 aliphatic carbocycles. The number of hydrogen-bond acceptors (Lipinski definition) is 3. The standard InChI is InChI=1S/C19H17NO2/c1-13(22-18-8-4-7-17(20)12-18)19(21)16-10-9-14-5-2-3-6-15(14)11-16/h2-13H,20H2,1H3. The number of fused-ring (bicyclic) bond motifs is 1. The molecule has 0 aliphatic heterocycles. The number of hydrogen-bond donors (Lipinski definition) is 1. The van der Waals surface area contributed by atoms with E-state index in [0.717, 1.165) is 10.8 Å². The van der Waals surface area contributed by atoms with E-state index in [1.165, 1.54) is 0 Å². The Labute approximate surface area is 129 Å². The van der Waals surface area contributed by atoms with E-state index in [4.69, 9.17) is 10.5 Å². The first kappa shape index (κ1) is 14.1. The largest absolute Gasteiger partial charge is 0.482 e. The van der Waals surface area contributed by atoms with Crippen LogP contribution in [-0.4, -0.2) is 11.9 Å². The Morgan fingerprint density at radius 2 is 1.73 bits per heavy atom. The van der Waals surface area contributed by atoms with Crippen LogP contribution in [0.15, 0.2) is 66.7 Å². The van der Waals surface area contributed by atoms with Gasteiger partial charge in [-0.3, -0.25) is 4.79 Å². The average molecular weight is 291 g/mol. The third-order valence-electron chi connectivity index (χ3n) is 3.57. The molecule has 1 unspecified atom stereocenters. The van der Waals surface area contributed by atoms with Crippen LogP contribution in [0.4, 0.5) is 5.69 Å². The Kier molecular flexibility index (Phi) is 3.79. The van der Waals surface area contributed by atoms with Gasteiger partial charge in [0.15, 0.2) is 6.10 Å². The van der Waals surface area contributed by atoms with E-state index in [2.05, 4.69) is 0 Å². The second-order valence-corrected chi connectivity index (χ2v) is 5.26. The summed E-state index contributed by atoms with van der Waals surface area (Å²) < 4.78 is 5.69. The van der Waals surface area contributed by atoms with Gasteiger partial charge in [-0.15, -0.1) is 0 Å². The highest BCUT2D eigenvalue weighted by molar-refractivity contribution is 6.02. The van der Waals surface area contributed by atoms with Crippen LogP contribution in [0.5, 0.6) is 5.75 Å². The Morgan fingerprint density at radius 1 is 0.955 bits per heavy atom. The zero-order valence-electron chi connectivity index (χ0n) is 12.3. The molecule has 0 heterocycles. The Morgan fingerprint density at radius 3 is 2.50 bits per heavy atom. The molecule has 0 fully saturated rings. The van der Waals surface area contributed by atoms with Crippen LogP contribution >= 0.6 is 0 Å². The number of ketones is 1. The highest BCUT2D eigenvalue weighted by Gasteiger charge is 2.17. The van der Waals surface area contributed by atoms with Crippen molar-refractivity contribution in [3.63, 3.8) is 0 Å². The summed E-state index contributed by atoms with van der Waals surface area (Å²) in [5.41, 5.74) is 6.98. The van der Waals surface area contributed by atoms with Gasteiger partial charge in [-0.2, -0.15) is 0 Å². The van der Waals surface area contributed by atoms with Gasteiger partial charge in [0.2, 0.25) is 5.78 Å². The molecule has 0 bridgehead atoms. The molecule has 1 atom stereocenters. The minimum atomic E-state index is -0.567. The fraction of sp³-hybridized carbons (Fsp3) is 0.105. The van der Waals surface area contributed by atoms with Gasteiger partial charge in [0.25, 0.3) is 0 Å². The van der Waals surface area contributed by atoms with Crippen molar-refractivity contribution in [2.75, 3.05) is 5.73 Å². The quantitative estimate of drug-likeness (QED) is 0.582. The Bertz CT molecular complexity index is 826. The number of rotatable bonds is 4. The second-order valence-electron chi connectivity index (χ2n) is 5.26. The highest BCUT2D eigenvalue weighted by atomic mass is 16.5. The molecule has 0 spiro atoms. The maximum absolute atomic E-state index is 12.5. The molecule has 3 nitrogen and oxygen atoms in total. The fourth-order valence-electron chi connectivity index (χ4n) is 2.42. The van der Waals surface area contributed by atoms with E-state index in [-0.39, 0.29) is 5.78 Å². The molecule has 2 N–H and O–H groups in total. The molecule has 0 radical (unpaired) electrons. The Hall–Kier alpha value is -2.81. The van der Waals surface area contributed by atoms with E-state index in [1.54, 1.807) is 31.2 Å². The normalized spacial score (nSPS) is 12.0. The lowest BCUT2D eigenvalue weighted by Crippen LogP contribution is -2.23. The van der Waals surface area contributed by atoms with E-state index in [0.29, 0.717) is 17.0 Å². The number of Topliss-reactive ketones (excluding diaryl/α,β-unsaturated/α-hetero) is 1. The highest BCUT2D eigenvalue weighted by Crippen LogP contribution is 2.20. The van der Waals surface area contributed by atoms with Crippen molar-refractivity contribution in [2.24, 2.45) is 0 Å². The summed E-state index contributed by atoms with van der Waals surface area (Å²) in [7, 11) is 0. The van der Waals surface area contributed by atoms with Crippen molar-refractivity contribution in [1.82, 2.24) is 0 Å². The summed E-state index contributed by atoms with van der Waals surface area (Å²) >= 11 is 0. The maximum Gasteiger partial charge on any atom is 0.203 e. The van der Waals surface area contributed by atoms with Crippen LogP contribution in [0.2, 0.25) is 0 Å². The molecule has 0 aliphatic rings. The van der Waals surface area contributed by atoms with Gasteiger partial charge < -0.3 is 10.5 Å². The van der Waals surface area contributed by atoms with Crippen molar-refractivity contribution in [2.45, 2.75) is 13.0 Å². The monoisotopic (exact) mass is 291 g/mol. The third-order valence-corrected chi connectivity index (χ3v) is 3.57. The predicted molar refractivity (Wildman–Crippen MR) is 89.2 cm³/mol. The van der Waals surface area contributed by atoms with Gasteiger partial charge in [0.1, 0.15) is 5.75 Å². The number of carbonyl (C=O) groups excluding carboxylic acids is 1. The maximum atomic E-state index is 12.5. The fourth-order valence-corrected chi connectivity index (χ4v) is 2.42. The van der Waals surface area contributed by atoms with Crippen molar-refractivity contribution in [3.8, 4) is 5.75 Å². The molecule has 3 rings (SSSR count). The van der Waals surface area contributed by atoms with Gasteiger partial charge in [-0.1, -0.05) is 42.5 Å². The number of anilines is 1. The van der Waals surface area contributed by atoms with E-state index < -0.39 is 6.10 Å². The number of carbonyl (C=O) groups is 1. The van der Waals surface area contributed by atoms with Crippen LogP contribution in [0.25, 0.3) is 10.8 Å². The van der Waals surface area contributed by atoms with Gasteiger partial charge >= 0.3 is 0 Å². The first-order valence-electron chi connectivity index (χ1n) is 7.19. The van der Waals surface area contributed by atoms with Crippen molar-refractivity contribution < 1.29 is 9.53 Å². The average Bonchev–Trinajstić information content (AvgIpc) is 2.53. The SMILES string of the molecule is CC(Oc1cccc(N)c1)C(=O)c1ccc2ccccc2c1. The van der Waals surface area contributed by atoms with Gasteiger partial charge in [0, 0.05) is 17.3 Å². The van der Waals surface area contributed by atoms with Crippen LogP contribution < -0.4 is 10.5 Å². The van der Waals surface area contributed by atoms with Gasteiger partial charge in [-0.05, 0) is 35.9 Å². The third kappa shape index (κ3) is 2.93. The molecule has 0 saturated heterocycles. The van der Waals surface area contributed by atoms with Gasteiger partial charge in [-0.25, -0.2) is 0 Å². The van der Waals surface area contributed by atoms with Crippen molar-refractivity contribution in [1.29, 1.82) is 0 Å². The van der Waals surface area contributed by atoms with Crippen LogP contribution in [0.1, 0.15) is 17.3 Å². The predicted octanol–water partition coefficient (Wildman–Crippen LogP) is 4.07. The smallest absolute Gasteiger partial charge is 0.203 e. The lowest BCUT2D eigenvalue weighted by molar-refractivity contribution is 0.0818. The van der Waals surface area contributed by atoms with Crippen LogP contribution in [0.3, 0.4) is 0 Å². The molecule has 0 aromatic heterocycles. The first-order valence-corrected chi connectivity index (χ1v) is 7.19. The molecular weight excluding hydrogens is 274 g/mol. The zero-order chi connectivity index (χ0) is 15.5. The summed E-state index contributed by atoms with van der Waals surface area (Å²) in [6, 6.07) is 20.7. The number of benzene rings is 3. The second kappa shape index (κ2) is 5.90. The number of nitrogens with two attached hydrogens (primary N) is 1. The lowest BCUT2D eigenvalue weighted by atomic mass is 10.0. The van der Waals surface area contributed by atoms with Crippen LogP contribution in [0, 0.1) is 0 Å².